The van der Waals surface area contributed by atoms with Crippen LogP contribution in [0.3, 0.4) is 0 Å². The molecule has 0 aliphatic carbocycles. The van der Waals surface area contributed by atoms with Crippen molar-refractivity contribution < 1.29 is 0 Å². The van der Waals surface area contributed by atoms with Crippen molar-refractivity contribution in [3.8, 4) is 0 Å². The van der Waals surface area contributed by atoms with Crippen molar-refractivity contribution in [1.29, 1.82) is 0 Å². The Morgan fingerprint density at radius 1 is 0.944 bits per heavy atom. The van der Waals surface area contributed by atoms with Crippen LogP contribution in [0.4, 0.5) is 0 Å². The maximum Gasteiger partial charge on any atom is 0.00484 e. The van der Waals surface area contributed by atoms with E-state index in [1.54, 1.807) is 0 Å². The molecule has 2 heteroatoms. The summed E-state index contributed by atoms with van der Waals surface area (Å²) in [5.41, 5.74) is 0.735. The van der Waals surface area contributed by atoms with Crippen molar-refractivity contribution in [1.82, 2.24) is 9.80 Å². The van der Waals surface area contributed by atoms with E-state index in [2.05, 4.69) is 37.6 Å². The molecule has 1 spiro atoms. The summed E-state index contributed by atoms with van der Waals surface area (Å²) in [6.07, 6.45) is 5.45. The molecule has 0 atom stereocenters. The molecule has 2 aliphatic heterocycles. The molecule has 2 rings (SSSR count). The first-order valence-corrected chi connectivity index (χ1v) is 8.06. The topological polar surface area (TPSA) is 6.48 Å². The van der Waals surface area contributed by atoms with E-state index in [1.807, 2.05) is 13.8 Å². The molecular formula is C16H36N2. The molecule has 18 heavy (non-hydrogen) atoms. The van der Waals surface area contributed by atoms with Crippen molar-refractivity contribution in [3.05, 3.63) is 0 Å². The minimum atomic E-state index is 0.735. The molecule has 0 bridgehead atoms. The summed E-state index contributed by atoms with van der Waals surface area (Å²) >= 11 is 0. The highest BCUT2D eigenvalue weighted by molar-refractivity contribution is 4.96. The minimum Gasteiger partial charge on any atom is -0.305 e. The van der Waals surface area contributed by atoms with Gasteiger partial charge in [-0.2, -0.15) is 0 Å². The number of likely N-dealkylation sites (tertiary alicyclic amines) is 2. The molecule has 0 radical (unpaired) electrons. The first-order valence-electron chi connectivity index (χ1n) is 8.06. The van der Waals surface area contributed by atoms with Crippen LogP contribution >= 0.6 is 0 Å². The summed E-state index contributed by atoms with van der Waals surface area (Å²) < 4.78 is 0. The van der Waals surface area contributed by atoms with E-state index in [0.29, 0.717) is 0 Å². The highest BCUT2D eigenvalue weighted by Crippen LogP contribution is 2.39. The molecule has 2 nitrogen and oxygen atoms in total. The first kappa shape index (κ1) is 17.9. The van der Waals surface area contributed by atoms with E-state index in [0.717, 1.165) is 5.41 Å². The smallest absolute Gasteiger partial charge is 0.00484 e. The van der Waals surface area contributed by atoms with Crippen LogP contribution in [-0.4, -0.2) is 49.6 Å². The second-order valence-electron chi connectivity index (χ2n) is 5.72. The fourth-order valence-corrected chi connectivity index (χ4v) is 2.98. The SMILES string of the molecule is CC.CCC.CCCN1CCC2(CC1)CN(C)C2. The van der Waals surface area contributed by atoms with E-state index in [4.69, 9.17) is 0 Å². The quantitative estimate of drug-likeness (QED) is 0.740. The zero-order valence-electron chi connectivity index (χ0n) is 13.8. The molecule has 2 aliphatic rings. The van der Waals surface area contributed by atoms with Crippen molar-refractivity contribution in [3.63, 3.8) is 0 Å². The van der Waals surface area contributed by atoms with Crippen molar-refractivity contribution >= 4 is 0 Å². The number of hydrogen-bond acceptors (Lipinski definition) is 2. The summed E-state index contributed by atoms with van der Waals surface area (Å²) in [7, 11) is 2.24. The average Bonchev–Trinajstić information content (AvgIpc) is 2.34. The third-order valence-corrected chi connectivity index (χ3v) is 3.67. The van der Waals surface area contributed by atoms with Gasteiger partial charge in [0.2, 0.25) is 0 Å². The fourth-order valence-electron chi connectivity index (χ4n) is 2.98. The van der Waals surface area contributed by atoms with E-state index < -0.39 is 0 Å². The third-order valence-electron chi connectivity index (χ3n) is 3.67. The van der Waals surface area contributed by atoms with Crippen LogP contribution in [0.1, 0.15) is 60.3 Å². The van der Waals surface area contributed by atoms with Gasteiger partial charge < -0.3 is 9.80 Å². The standard InChI is InChI=1S/C11H22N2.C3H8.C2H6/c1-3-6-13-7-4-11(5-8-13)9-12(2)10-11;1-3-2;1-2/h3-10H2,1-2H3;3H2,1-2H3;1-2H3. The minimum absolute atomic E-state index is 0.735. The molecular weight excluding hydrogens is 220 g/mol. The summed E-state index contributed by atoms with van der Waals surface area (Å²) in [5, 5.41) is 0. The zero-order chi connectivity index (χ0) is 14.0. The van der Waals surface area contributed by atoms with Gasteiger partial charge in [0, 0.05) is 13.1 Å². The molecule has 0 amide bonds. The molecule has 0 aromatic carbocycles. The Morgan fingerprint density at radius 2 is 1.39 bits per heavy atom. The van der Waals surface area contributed by atoms with E-state index in [9.17, 15) is 0 Å². The predicted octanol–water partition coefficient (Wildman–Crippen LogP) is 3.87. The first-order chi connectivity index (χ1) is 8.65. The van der Waals surface area contributed by atoms with Gasteiger partial charge in [-0.3, -0.25) is 0 Å². The van der Waals surface area contributed by atoms with Crippen LogP contribution in [0.15, 0.2) is 0 Å². The van der Waals surface area contributed by atoms with Gasteiger partial charge >= 0.3 is 0 Å². The number of piperidine rings is 1. The lowest BCUT2D eigenvalue weighted by Crippen LogP contribution is -2.58. The molecule has 0 N–H and O–H groups in total. The Morgan fingerprint density at radius 3 is 1.72 bits per heavy atom. The predicted molar refractivity (Wildman–Crippen MR) is 83.2 cm³/mol. The lowest BCUT2D eigenvalue weighted by molar-refractivity contribution is -0.0312. The number of hydrogen-bond donors (Lipinski definition) is 0. The van der Waals surface area contributed by atoms with Gasteiger partial charge in [0.1, 0.15) is 0 Å². The summed E-state index contributed by atoms with van der Waals surface area (Å²) in [6, 6.07) is 0. The third kappa shape index (κ3) is 5.71. The van der Waals surface area contributed by atoms with E-state index in [1.165, 1.54) is 58.4 Å². The zero-order valence-corrected chi connectivity index (χ0v) is 13.8. The molecule has 0 aromatic rings. The van der Waals surface area contributed by atoms with Crippen LogP contribution in [0, 0.1) is 5.41 Å². The largest absolute Gasteiger partial charge is 0.305 e. The molecule has 2 fully saturated rings. The van der Waals surface area contributed by atoms with E-state index in [-0.39, 0.29) is 0 Å². The van der Waals surface area contributed by atoms with Crippen LogP contribution in [0.2, 0.25) is 0 Å². The van der Waals surface area contributed by atoms with Crippen molar-refractivity contribution in [2.45, 2.75) is 60.3 Å². The van der Waals surface area contributed by atoms with Gasteiger partial charge in [0.25, 0.3) is 0 Å². The summed E-state index contributed by atoms with van der Waals surface area (Å²) in [6.45, 7) is 17.2. The maximum absolute atomic E-state index is 2.63. The molecule has 0 unspecified atom stereocenters. The Hall–Kier alpha value is -0.0800. The monoisotopic (exact) mass is 256 g/mol. The van der Waals surface area contributed by atoms with Crippen LogP contribution in [-0.2, 0) is 0 Å². The van der Waals surface area contributed by atoms with Gasteiger partial charge in [0.15, 0.2) is 0 Å². The molecule has 2 heterocycles. The maximum atomic E-state index is 2.63. The molecule has 0 aromatic heterocycles. The Balaban J connectivity index is 0.000000509. The number of nitrogens with zero attached hydrogens (tertiary/aromatic N) is 2. The lowest BCUT2D eigenvalue weighted by Gasteiger charge is -2.53. The van der Waals surface area contributed by atoms with Gasteiger partial charge in [-0.05, 0) is 51.4 Å². The molecule has 0 saturated carbocycles. The van der Waals surface area contributed by atoms with Crippen LogP contribution in [0.25, 0.3) is 0 Å². The highest BCUT2D eigenvalue weighted by Gasteiger charge is 2.42. The summed E-state index contributed by atoms with van der Waals surface area (Å²) in [5.74, 6) is 0. The Kier molecular flexibility index (Phi) is 9.76. The molecule has 2 saturated heterocycles. The van der Waals surface area contributed by atoms with Crippen LogP contribution < -0.4 is 0 Å². The summed E-state index contributed by atoms with van der Waals surface area (Å²) in [4.78, 5) is 5.08. The van der Waals surface area contributed by atoms with Crippen molar-refractivity contribution in [2.75, 3.05) is 39.8 Å². The van der Waals surface area contributed by atoms with Crippen molar-refractivity contribution in [2.24, 2.45) is 5.41 Å². The normalized spacial score (nSPS) is 22.3. The van der Waals surface area contributed by atoms with Crippen LogP contribution in [0.5, 0.6) is 0 Å². The second-order valence-corrected chi connectivity index (χ2v) is 5.72. The number of rotatable bonds is 2. The lowest BCUT2D eigenvalue weighted by atomic mass is 9.72. The van der Waals surface area contributed by atoms with Gasteiger partial charge in [-0.25, -0.2) is 0 Å². The van der Waals surface area contributed by atoms with Gasteiger partial charge in [-0.15, -0.1) is 0 Å². The highest BCUT2D eigenvalue weighted by atomic mass is 15.2. The molecule has 110 valence electrons. The second kappa shape index (κ2) is 9.80. The van der Waals surface area contributed by atoms with Gasteiger partial charge in [0.05, 0.1) is 0 Å². The average molecular weight is 256 g/mol. The van der Waals surface area contributed by atoms with Gasteiger partial charge in [-0.1, -0.05) is 41.0 Å². The Bertz CT molecular complexity index is 176. The fraction of sp³-hybridized carbons (Fsp3) is 1.00. The Labute approximate surface area is 116 Å². The van der Waals surface area contributed by atoms with E-state index >= 15 is 0 Å².